The Morgan fingerprint density at radius 2 is 1.94 bits per heavy atom. The van der Waals surface area contributed by atoms with Crippen LogP contribution >= 0.6 is 23.3 Å². The molecule has 3 aromatic rings. The predicted octanol–water partition coefficient (Wildman–Crippen LogP) is 3.41. The van der Waals surface area contributed by atoms with Crippen LogP contribution in [0.1, 0.15) is 0 Å². The maximum atomic E-state index is 5.98. The first-order valence-corrected chi connectivity index (χ1v) is 5.79. The van der Waals surface area contributed by atoms with Crippen LogP contribution in [0.3, 0.4) is 0 Å². The van der Waals surface area contributed by atoms with Gasteiger partial charge in [-0.3, -0.25) is 4.98 Å². The SMILES string of the molecule is Clc1nsnc1-c1cccc2cccnc12. The molecule has 1 aromatic carbocycles. The summed E-state index contributed by atoms with van der Waals surface area (Å²) in [6.07, 6.45) is 1.76. The molecule has 0 aliphatic heterocycles. The Labute approximate surface area is 101 Å². The van der Waals surface area contributed by atoms with Crippen LogP contribution in [-0.2, 0) is 0 Å². The summed E-state index contributed by atoms with van der Waals surface area (Å²) in [6.45, 7) is 0. The normalized spacial score (nSPS) is 10.8. The van der Waals surface area contributed by atoms with Crippen molar-refractivity contribution in [2.75, 3.05) is 0 Å². The highest BCUT2D eigenvalue weighted by atomic mass is 35.5. The number of aromatic nitrogens is 3. The quantitative estimate of drug-likeness (QED) is 0.662. The number of benzene rings is 1. The van der Waals surface area contributed by atoms with Crippen molar-refractivity contribution in [1.29, 1.82) is 0 Å². The minimum Gasteiger partial charge on any atom is -0.256 e. The fraction of sp³-hybridized carbons (Fsp3) is 0. The van der Waals surface area contributed by atoms with E-state index in [1.165, 1.54) is 0 Å². The molecular formula is C11H6ClN3S. The molecule has 2 aromatic heterocycles. The van der Waals surface area contributed by atoms with Crippen molar-refractivity contribution < 1.29 is 0 Å². The largest absolute Gasteiger partial charge is 0.256 e. The first-order valence-electron chi connectivity index (χ1n) is 4.68. The van der Waals surface area contributed by atoms with Crippen LogP contribution in [0.2, 0.25) is 5.15 Å². The molecule has 3 nitrogen and oxygen atoms in total. The lowest BCUT2D eigenvalue weighted by atomic mass is 10.1. The average molecular weight is 248 g/mol. The lowest BCUT2D eigenvalue weighted by Crippen LogP contribution is -1.84. The van der Waals surface area contributed by atoms with Crippen LogP contribution in [0.5, 0.6) is 0 Å². The van der Waals surface area contributed by atoms with Gasteiger partial charge in [0, 0.05) is 17.1 Å². The number of rotatable bonds is 1. The molecule has 0 aliphatic carbocycles. The summed E-state index contributed by atoms with van der Waals surface area (Å²) in [5.41, 5.74) is 2.53. The van der Waals surface area contributed by atoms with Gasteiger partial charge in [0.2, 0.25) is 0 Å². The topological polar surface area (TPSA) is 38.7 Å². The molecule has 0 saturated carbocycles. The van der Waals surface area contributed by atoms with E-state index in [9.17, 15) is 0 Å². The van der Waals surface area contributed by atoms with Crippen molar-refractivity contribution in [2.45, 2.75) is 0 Å². The average Bonchev–Trinajstić information content (AvgIpc) is 2.75. The zero-order valence-corrected chi connectivity index (χ0v) is 9.66. The molecule has 3 rings (SSSR count). The van der Waals surface area contributed by atoms with Crippen LogP contribution in [0.25, 0.3) is 22.2 Å². The molecule has 0 N–H and O–H groups in total. The fourth-order valence-electron chi connectivity index (χ4n) is 1.63. The van der Waals surface area contributed by atoms with E-state index in [0.29, 0.717) is 10.8 Å². The number of fused-ring (bicyclic) bond motifs is 1. The molecule has 78 valence electrons. The Kier molecular flexibility index (Phi) is 2.31. The summed E-state index contributed by atoms with van der Waals surface area (Å²) in [5.74, 6) is 0. The Hall–Kier alpha value is -1.52. The summed E-state index contributed by atoms with van der Waals surface area (Å²) in [5, 5.41) is 1.51. The van der Waals surface area contributed by atoms with Crippen molar-refractivity contribution in [3.8, 4) is 11.3 Å². The minimum atomic E-state index is 0.433. The number of nitrogens with zero attached hydrogens (tertiary/aromatic N) is 3. The van der Waals surface area contributed by atoms with Gasteiger partial charge in [-0.25, -0.2) is 0 Å². The first-order chi connectivity index (χ1) is 7.86. The third kappa shape index (κ3) is 1.47. The van der Waals surface area contributed by atoms with Crippen molar-refractivity contribution >= 4 is 34.2 Å². The summed E-state index contributed by atoms with van der Waals surface area (Å²) in [7, 11) is 0. The van der Waals surface area contributed by atoms with Gasteiger partial charge in [0.1, 0.15) is 5.69 Å². The lowest BCUT2D eigenvalue weighted by Gasteiger charge is -2.02. The molecule has 2 heterocycles. The number of para-hydroxylation sites is 1. The number of hydrogen-bond donors (Lipinski definition) is 0. The van der Waals surface area contributed by atoms with E-state index in [2.05, 4.69) is 13.7 Å². The van der Waals surface area contributed by atoms with E-state index in [1.54, 1.807) is 6.20 Å². The molecule has 0 bridgehead atoms. The van der Waals surface area contributed by atoms with Crippen LogP contribution in [-0.4, -0.2) is 13.7 Å². The van der Waals surface area contributed by atoms with Crippen LogP contribution in [0.4, 0.5) is 0 Å². The molecular weight excluding hydrogens is 242 g/mol. The number of halogens is 1. The summed E-state index contributed by atoms with van der Waals surface area (Å²) >= 11 is 7.09. The first kappa shape index (κ1) is 9.69. The monoisotopic (exact) mass is 247 g/mol. The smallest absolute Gasteiger partial charge is 0.170 e. The molecule has 0 spiro atoms. The summed E-state index contributed by atoms with van der Waals surface area (Å²) in [6, 6.07) is 9.86. The fourth-order valence-corrected chi connectivity index (χ4v) is 2.39. The van der Waals surface area contributed by atoms with Gasteiger partial charge in [0.25, 0.3) is 0 Å². The lowest BCUT2D eigenvalue weighted by molar-refractivity contribution is 1.40. The highest BCUT2D eigenvalue weighted by Crippen LogP contribution is 2.30. The number of hydrogen-bond acceptors (Lipinski definition) is 4. The Morgan fingerprint density at radius 3 is 2.75 bits per heavy atom. The van der Waals surface area contributed by atoms with Crippen LogP contribution in [0.15, 0.2) is 36.5 Å². The standard InChI is InChI=1S/C11H6ClN3S/c12-11-10(14-16-15-11)8-5-1-3-7-4-2-6-13-9(7)8/h1-6H. The van der Waals surface area contributed by atoms with Gasteiger partial charge in [0.15, 0.2) is 5.15 Å². The second-order valence-corrected chi connectivity index (χ2v) is 4.17. The Bertz CT molecular complexity index is 645. The van der Waals surface area contributed by atoms with Gasteiger partial charge >= 0.3 is 0 Å². The maximum absolute atomic E-state index is 5.98. The van der Waals surface area contributed by atoms with Crippen LogP contribution < -0.4 is 0 Å². The second-order valence-electron chi connectivity index (χ2n) is 3.28. The van der Waals surface area contributed by atoms with E-state index in [0.717, 1.165) is 28.2 Å². The van der Waals surface area contributed by atoms with Gasteiger partial charge in [-0.2, -0.15) is 8.75 Å². The summed E-state index contributed by atoms with van der Waals surface area (Å²) < 4.78 is 8.16. The van der Waals surface area contributed by atoms with E-state index in [-0.39, 0.29) is 0 Å². The molecule has 16 heavy (non-hydrogen) atoms. The highest BCUT2D eigenvalue weighted by molar-refractivity contribution is 6.99. The van der Waals surface area contributed by atoms with E-state index < -0.39 is 0 Å². The van der Waals surface area contributed by atoms with Gasteiger partial charge in [-0.15, -0.1) is 0 Å². The van der Waals surface area contributed by atoms with Gasteiger partial charge in [-0.05, 0) is 6.07 Å². The molecule has 0 unspecified atom stereocenters. The van der Waals surface area contributed by atoms with E-state index in [1.807, 2.05) is 30.3 Å². The molecule has 0 saturated heterocycles. The Balaban J connectivity index is 2.36. The molecule has 5 heteroatoms. The maximum Gasteiger partial charge on any atom is 0.170 e. The van der Waals surface area contributed by atoms with Gasteiger partial charge in [0.05, 0.1) is 17.2 Å². The highest BCUT2D eigenvalue weighted by Gasteiger charge is 2.11. The van der Waals surface area contributed by atoms with Crippen molar-refractivity contribution in [1.82, 2.24) is 13.7 Å². The molecule has 0 fully saturated rings. The second kappa shape index (κ2) is 3.81. The third-order valence-corrected chi connectivity index (χ3v) is 3.23. The summed E-state index contributed by atoms with van der Waals surface area (Å²) in [4.78, 5) is 4.36. The molecule has 0 atom stereocenters. The van der Waals surface area contributed by atoms with E-state index >= 15 is 0 Å². The third-order valence-electron chi connectivity index (χ3n) is 2.34. The van der Waals surface area contributed by atoms with Gasteiger partial charge in [-0.1, -0.05) is 35.9 Å². The molecule has 0 aliphatic rings. The predicted molar refractivity (Wildman–Crippen MR) is 65.7 cm³/mol. The Morgan fingerprint density at radius 1 is 1.06 bits per heavy atom. The van der Waals surface area contributed by atoms with Crippen molar-refractivity contribution in [2.24, 2.45) is 0 Å². The van der Waals surface area contributed by atoms with Gasteiger partial charge < -0.3 is 0 Å². The molecule has 0 radical (unpaired) electrons. The van der Waals surface area contributed by atoms with Crippen molar-refractivity contribution in [3.05, 3.63) is 41.7 Å². The van der Waals surface area contributed by atoms with Crippen LogP contribution in [0, 0.1) is 0 Å². The molecule has 0 amide bonds. The number of pyridine rings is 1. The minimum absolute atomic E-state index is 0.433. The van der Waals surface area contributed by atoms with E-state index in [4.69, 9.17) is 11.6 Å². The van der Waals surface area contributed by atoms with Crippen molar-refractivity contribution in [3.63, 3.8) is 0 Å². The zero-order chi connectivity index (χ0) is 11.0. The zero-order valence-electron chi connectivity index (χ0n) is 8.09.